The molecule has 1 saturated carbocycles. The lowest BCUT2D eigenvalue weighted by Gasteiger charge is -2.45. The molecule has 52 valence electrons. The Kier molecular flexibility index (Phi) is 1.06. The van der Waals surface area contributed by atoms with Crippen molar-refractivity contribution < 1.29 is 14.9 Å². The van der Waals surface area contributed by atoms with Gasteiger partial charge >= 0.3 is 0 Å². The van der Waals surface area contributed by atoms with Crippen molar-refractivity contribution in [2.45, 2.75) is 37.6 Å². The van der Waals surface area contributed by atoms with Crippen molar-refractivity contribution in [3.8, 4) is 0 Å². The molecule has 2 fully saturated rings. The van der Waals surface area contributed by atoms with Gasteiger partial charge in [-0.3, -0.25) is 0 Å². The minimum Gasteiger partial charge on any atom is -0.361 e. The number of fused-ring (bicyclic) bond motifs is 1. The van der Waals surface area contributed by atoms with Crippen LogP contribution in [0.25, 0.3) is 0 Å². The third-order valence-corrected chi connectivity index (χ3v) is 2.06. The van der Waals surface area contributed by atoms with Gasteiger partial charge in [0.1, 0.15) is 6.10 Å². The lowest BCUT2D eigenvalue weighted by Crippen LogP contribution is -2.57. The minimum atomic E-state index is -0.905. The molecule has 0 bridgehead atoms. The molecule has 0 aromatic heterocycles. The van der Waals surface area contributed by atoms with E-state index in [1.54, 1.807) is 0 Å². The minimum absolute atomic E-state index is 0.0359. The van der Waals surface area contributed by atoms with Crippen molar-refractivity contribution in [3.05, 3.63) is 0 Å². The molecule has 2 rings (SSSR count). The molecule has 9 heavy (non-hydrogen) atoms. The van der Waals surface area contributed by atoms with Crippen LogP contribution in [0.1, 0.15) is 25.7 Å². The molecule has 1 aliphatic carbocycles. The molecule has 2 atom stereocenters. The van der Waals surface area contributed by atoms with Gasteiger partial charge in [0.05, 0.1) is 0 Å². The van der Waals surface area contributed by atoms with E-state index in [0.717, 1.165) is 25.7 Å². The Balaban J connectivity index is 2.05. The number of hydrogen-bond donors (Lipinski definition) is 1. The molecule has 1 N–H and O–H groups in total. The van der Waals surface area contributed by atoms with Gasteiger partial charge in [0.15, 0.2) is 0 Å². The molecule has 3 nitrogen and oxygen atoms in total. The third-order valence-electron chi connectivity index (χ3n) is 2.06. The molecule has 0 radical (unpaired) electrons. The quantitative estimate of drug-likeness (QED) is 0.487. The van der Waals surface area contributed by atoms with Crippen molar-refractivity contribution in [2.24, 2.45) is 0 Å². The van der Waals surface area contributed by atoms with Gasteiger partial charge in [-0.05, 0) is 12.8 Å². The van der Waals surface area contributed by atoms with Crippen LogP contribution in [0.4, 0.5) is 0 Å². The van der Waals surface area contributed by atoms with E-state index in [4.69, 9.17) is 0 Å². The van der Waals surface area contributed by atoms with Crippen LogP contribution in [0.15, 0.2) is 0 Å². The van der Waals surface area contributed by atoms with Crippen molar-refractivity contribution in [2.75, 3.05) is 0 Å². The molecule has 1 aliphatic heterocycles. The summed E-state index contributed by atoms with van der Waals surface area (Å²) in [5, 5.41) is 9.38. The molecular formula is C6H10O3. The van der Waals surface area contributed by atoms with Gasteiger partial charge in [-0.25, -0.2) is 4.89 Å². The summed E-state index contributed by atoms with van der Waals surface area (Å²) in [5.74, 6) is -0.905. The Bertz CT molecular complexity index is 125. The van der Waals surface area contributed by atoms with E-state index in [1.165, 1.54) is 0 Å². The SMILES string of the molecule is OC12CCCCC1OO2. The summed E-state index contributed by atoms with van der Waals surface area (Å²) in [5.41, 5.74) is 0. The lowest BCUT2D eigenvalue weighted by molar-refractivity contribution is -0.572. The first-order chi connectivity index (χ1) is 4.31. The van der Waals surface area contributed by atoms with Gasteiger partial charge in [0, 0.05) is 6.42 Å². The fourth-order valence-electron chi connectivity index (χ4n) is 1.41. The predicted octanol–water partition coefficient (Wildman–Crippen LogP) is 0.579. The van der Waals surface area contributed by atoms with E-state index in [9.17, 15) is 5.11 Å². The Labute approximate surface area is 53.5 Å². The molecule has 0 spiro atoms. The topological polar surface area (TPSA) is 38.7 Å². The Morgan fingerprint density at radius 3 is 2.67 bits per heavy atom. The first-order valence-corrected chi connectivity index (χ1v) is 3.38. The second-order valence-electron chi connectivity index (χ2n) is 2.76. The fraction of sp³-hybridized carbons (Fsp3) is 1.00. The average Bonchev–Trinajstić information content (AvgIpc) is 1.82. The summed E-state index contributed by atoms with van der Waals surface area (Å²) in [6.07, 6.45) is 3.84. The Hall–Kier alpha value is -0.120. The molecule has 1 heterocycles. The van der Waals surface area contributed by atoms with E-state index < -0.39 is 5.79 Å². The van der Waals surface area contributed by atoms with Gasteiger partial charge < -0.3 is 5.11 Å². The molecule has 0 aromatic rings. The van der Waals surface area contributed by atoms with E-state index in [1.807, 2.05) is 0 Å². The summed E-state index contributed by atoms with van der Waals surface area (Å²) in [7, 11) is 0. The molecular weight excluding hydrogens is 120 g/mol. The van der Waals surface area contributed by atoms with Gasteiger partial charge in [-0.15, -0.1) is 0 Å². The van der Waals surface area contributed by atoms with Crippen LogP contribution in [0.5, 0.6) is 0 Å². The normalized spacial score (nSPS) is 49.7. The maximum atomic E-state index is 9.38. The van der Waals surface area contributed by atoms with Crippen LogP contribution >= 0.6 is 0 Å². The first kappa shape index (κ1) is 5.65. The predicted molar refractivity (Wildman–Crippen MR) is 29.4 cm³/mol. The lowest BCUT2D eigenvalue weighted by atomic mass is 9.90. The Morgan fingerprint density at radius 1 is 1.44 bits per heavy atom. The molecule has 3 heteroatoms. The van der Waals surface area contributed by atoms with Crippen LogP contribution < -0.4 is 0 Å². The molecule has 0 amide bonds. The van der Waals surface area contributed by atoms with E-state index >= 15 is 0 Å². The van der Waals surface area contributed by atoms with E-state index in [0.29, 0.717) is 0 Å². The second-order valence-corrected chi connectivity index (χ2v) is 2.76. The van der Waals surface area contributed by atoms with Crippen LogP contribution in [0, 0.1) is 0 Å². The summed E-state index contributed by atoms with van der Waals surface area (Å²) < 4.78 is 0. The third kappa shape index (κ3) is 0.689. The highest BCUT2D eigenvalue weighted by Gasteiger charge is 2.51. The summed E-state index contributed by atoms with van der Waals surface area (Å²) in [4.78, 5) is 9.27. The standard InChI is InChI=1S/C6H10O3/c7-6-4-2-1-3-5(6)8-9-6/h5,7H,1-4H2. The summed E-state index contributed by atoms with van der Waals surface area (Å²) in [6.45, 7) is 0. The highest BCUT2D eigenvalue weighted by atomic mass is 17.3. The monoisotopic (exact) mass is 130 g/mol. The van der Waals surface area contributed by atoms with Crippen molar-refractivity contribution in [1.29, 1.82) is 0 Å². The first-order valence-electron chi connectivity index (χ1n) is 3.38. The van der Waals surface area contributed by atoms with Crippen molar-refractivity contribution in [3.63, 3.8) is 0 Å². The maximum Gasteiger partial charge on any atom is 0.228 e. The van der Waals surface area contributed by atoms with Gasteiger partial charge in [-0.1, -0.05) is 6.42 Å². The number of aliphatic hydroxyl groups is 1. The van der Waals surface area contributed by atoms with Gasteiger partial charge in [0.25, 0.3) is 0 Å². The van der Waals surface area contributed by atoms with Crippen LogP contribution in [0.2, 0.25) is 0 Å². The van der Waals surface area contributed by atoms with Crippen LogP contribution in [0.3, 0.4) is 0 Å². The zero-order valence-electron chi connectivity index (χ0n) is 5.17. The van der Waals surface area contributed by atoms with E-state index in [-0.39, 0.29) is 6.10 Å². The van der Waals surface area contributed by atoms with Crippen LogP contribution in [-0.2, 0) is 9.78 Å². The Morgan fingerprint density at radius 2 is 2.33 bits per heavy atom. The highest BCUT2D eigenvalue weighted by Crippen LogP contribution is 2.39. The van der Waals surface area contributed by atoms with Gasteiger partial charge in [-0.2, -0.15) is 4.89 Å². The average molecular weight is 130 g/mol. The zero-order valence-corrected chi connectivity index (χ0v) is 5.17. The van der Waals surface area contributed by atoms with Crippen LogP contribution in [-0.4, -0.2) is 17.0 Å². The van der Waals surface area contributed by atoms with Crippen molar-refractivity contribution in [1.82, 2.24) is 0 Å². The smallest absolute Gasteiger partial charge is 0.228 e. The molecule has 0 aromatic carbocycles. The summed E-state index contributed by atoms with van der Waals surface area (Å²) >= 11 is 0. The molecule has 2 unspecified atom stereocenters. The maximum absolute atomic E-state index is 9.38. The fourth-order valence-corrected chi connectivity index (χ4v) is 1.41. The number of rotatable bonds is 0. The molecule has 1 saturated heterocycles. The zero-order chi connectivity index (χ0) is 6.32. The largest absolute Gasteiger partial charge is 0.361 e. The molecule has 2 aliphatic rings. The van der Waals surface area contributed by atoms with Gasteiger partial charge in [0.2, 0.25) is 5.79 Å². The second kappa shape index (κ2) is 1.68. The highest BCUT2D eigenvalue weighted by molar-refractivity contribution is 4.85. The van der Waals surface area contributed by atoms with E-state index in [2.05, 4.69) is 9.78 Å². The summed E-state index contributed by atoms with van der Waals surface area (Å²) in [6, 6.07) is 0. The van der Waals surface area contributed by atoms with Crippen molar-refractivity contribution >= 4 is 0 Å². The number of hydrogen-bond acceptors (Lipinski definition) is 3.